The van der Waals surface area contributed by atoms with E-state index in [2.05, 4.69) is 0 Å². The molecule has 0 atom stereocenters. The van der Waals surface area contributed by atoms with E-state index in [0.717, 1.165) is 5.56 Å². The summed E-state index contributed by atoms with van der Waals surface area (Å²) in [6, 6.07) is 7.36. The van der Waals surface area contributed by atoms with E-state index in [1.165, 1.54) is 0 Å². The maximum absolute atomic E-state index is 11.0. The fourth-order valence-electron chi connectivity index (χ4n) is 1.67. The fraction of sp³-hybridized carbons (Fsp3) is 0.429. The van der Waals surface area contributed by atoms with Crippen LogP contribution in [0.3, 0.4) is 0 Å². The molecule has 0 heterocycles. The lowest BCUT2D eigenvalue weighted by Crippen LogP contribution is -2.03. The van der Waals surface area contributed by atoms with Crippen LogP contribution in [0.15, 0.2) is 30.0 Å². The Morgan fingerprint density at radius 2 is 2.11 bits per heavy atom. The topological polar surface area (TPSA) is 52.4 Å². The van der Waals surface area contributed by atoms with Gasteiger partial charge in [0.05, 0.1) is 11.5 Å². The minimum absolute atomic E-state index is 0.220. The highest BCUT2D eigenvalue weighted by Gasteiger charge is 2.14. The van der Waals surface area contributed by atoms with Crippen molar-refractivity contribution in [2.45, 2.75) is 27.2 Å². The van der Waals surface area contributed by atoms with Crippen LogP contribution in [0.25, 0.3) is 6.08 Å². The molecular formula is C14H19NO3. The highest BCUT2D eigenvalue weighted by molar-refractivity contribution is 5.58. The number of ether oxygens (including phenoxy) is 1. The molecule has 0 unspecified atom stereocenters. The number of nitrogens with zero attached hydrogens (tertiary/aromatic N) is 1. The molecule has 0 aliphatic carbocycles. The Balaban J connectivity index is 3.07. The summed E-state index contributed by atoms with van der Waals surface area (Å²) in [5.41, 5.74) is 0.976. The molecule has 0 saturated heterocycles. The average molecular weight is 249 g/mol. The van der Waals surface area contributed by atoms with Crippen LogP contribution in [0.4, 0.5) is 0 Å². The maximum atomic E-state index is 11.0. The number of hydrogen-bond donors (Lipinski definition) is 0. The monoisotopic (exact) mass is 249 g/mol. The molecule has 0 aliphatic heterocycles. The van der Waals surface area contributed by atoms with E-state index in [4.69, 9.17) is 4.74 Å². The van der Waals surface area contributed by atoms with Gasteiger partial charge in [0.1, 0.15) is 5.75 Å². The van der Waals surface area contributed by atoms with E-state index in [0.29, 0.717) is 18.8 Å². The summed E-state index contributed by atoms with van der Waals surface area (Å²) in [4.78, 5) is 10.7. The second kappa shape index (κ2) is 6.79. The van der Waals surface area contributed by atoms with E-state index >= 15 is 0 Å². The quantitative estimate of drug-likeness (QED) is 0.570. The van der Waals surface area contributed by atoms with Gasteiger partial charge in [-0.1, -0.05) is 32.0 Å². The van der Waals surface area contributed by atoms with Gasteiger partial charge >= 0.3 is 0 Å². The number of benzene rings is 1. The second-order valence-electron chi connectivity index (χ2n) is 4.46. The third-order valence-electron chi connectivity index (χ3n) is 2.39. The van der Waals surface area contributed by atoms with E-state index in [1.54, 1.807) is 6.08 Å². The molecule has 18 heavy (non-hydrogen) atoms. The highest BCUT2D eigenvalue weighted by atomic mass is 16.6. The molecule has 1 rings (SSSR count). The van der Waals surface area contributed by atoms with Gasteiger partial charge in [-0.15, -0.1) is 0 Å². The Bertz CT molecular complexity index is 438. The average Bonchev–Trinajstić information content (AvgIpc) is 2.30. The zero-order valence-corrected chi connectivity index (χ0v) is 11.1. The Hall–Kier alpha value is -1.84. The third kappa shape index (κ3) is 4.20. The van der Waals surface area contributed by atoms with E-state index < -0.39 is 0 Å². The summed E-state index contributed by atoms with van der Waals surface area (Å²) in [5.74, 6) is 0.934. The first-order chi connectivity index (χ1) is 8.54. The van der Waals surface area contributed by atoms with Crippen molar-refractivity contribution in [3.8, 4) is 5.75 Å². The molecule has 98 valence electrons. The predicted octanol–water partition coefficient (Wildman–Crippen LogP) is 3.75. The molecule has 0 radical (unpaired) electrons. The number of allylic oxidation sites excluding steroid dienone is 1. The molecule has 0 N–H and O–H groups in total. The van der Waals surface area contributed by atoms with Crippen LogP contribution in [-0.2, 0) is 0 Å². The molecule has 0 amide bonds. The molecule has 0 spiro atoms. The van der Waals surface area contributed by atoms with Crippen LogP contribution in [0.1, 0.15) is 32.8 Å². The van der Waals surface area contributed by atoms with Gasteiger partial charge in [0.2, 0.25) is 5.70 Å². The van der Waals surface area contributed by atoms with Gasteiger partial charge in [-0.25, -0.2) is 0 Å². The van der Waals surface area contributed by atoms with Gasteiger partial charge in [-0.2, -0.15) is 0 Å². The van der Waals surface area contributed by atoms with Crippen molar-refractivity contribution >= 4 is 6.08 Å². The van der Waals surface area contributed by atoms with Crippen molar-refractivity contribution in [2.75, 3.05) is 6.61 Å². The van der Waals surface area contributed by atoms with E-state index in [-0.39, 0.29) is 16.5 Å². The lowest BCUT2D eigenvalue weighted by molar-refractivity contribution is -0.427. The van der Waals surface area contributed by atoms with Gasteiger partial charge in [-0.3, -0.25) is 10.1 Å². The maximum Gasteiger partial charge on any atom is 0.247 e. The minimum atomic E-state index is -0.317. The predicted molar refractivity (Wildman–Crippen MR) is 72.0 cm³/mol. The Kier molecular flexibility index (Phi) is 5.36. The standard InChI is InChI=1S/C14H19NO3/c1-4-18-14-8-6-5-7-12(14)10-13(15(16)17)9-11(2)3/h5-8,10-11H,4,9H2,1-3H3. The summed E-state index contributed by atoms with van der Waals surface area (Å²) in [6.07, 6.45) is 2.05. The fourth-order valence-corrected chi connectivity index (χ4v) is 1.67. The van der Waals surface area contributed by atoms with Crippen molar-refractivity contribution in [3.05, 3.63) is 45.6 Å². The molecule has 0 saturated carbocycles. The van der Waals surface area contributed by atoms with Crippen LogP contribution < -0.4 is 4.74 Å². The normalized spacial score (nSPS) is 11.7. The van der Waals surface area contributed by atoms with Crippen LogP contribution in [0.5, 0.6) is 5.75 Å². The first kappa shape index (κ1) is 14.2. The molecule has 1 aromatic carbocycles. The van der Waals surface area contributed by atoms with E-state index in [1.807, 2.05) is 45.0 Å². The second-order valence-corrected chi connectivity index (χ2v) is 4.46. The Morgan fingerprint density at radius 1 is 1.44 bits per heavy atom. The van der Waals surface area contributed by atoms with E-state index in [9.17, 15) is 10.1 Å². The summed E-state index contributed by atoms with van der Waals surface area (Å²) >= 11 is 0. The first-order valence-electron chi connectivity index (χ1n) is 6.11. The zero-order valence-electron chi connectivity index (χ0n) is 11.1. The highest BCUT2D eigenvalue weighted by Crippen LogP contribution is 2.23. The van der Waals surface area contributed by atoms with Crippen molar-refractivity contribution in [3.63, 3.8) is 0 Å². The number of nitro groups is 1. The number of rotatable bonds is 6. The molecular weight excluding hydrogens is 230 g/mol. The van der Waals surface area contributed by atoms with Crippen LogP contribution in [0, 0.1) is 16.0 Å². The Morgan fingerprint density at radius 3 is 2.67 bits per heavy atom. The lowest BCUT2D eigenvalue weighted by Gasteiger charge is -2.07. The molecule has 0 aliphatic rings. The molecule has 1 aromatic rings. The van der Waals surface area contributed by atoms with Crippen molar-refractivity contribution in [2.24, 2.45) is 5.92 Å². The summed E-state index contributed by atoms with van der Waals surface area (Å²) < 4.78 is 5.46. The minimum Gasteiger partial charge on any atom is -0.493 e. The number of para-hydroxylation sites is 1. The largest absolute Gasteiger partial charge is 0.493 e. The number of hydrogen-bond acceptors (Lipinski definition) is 3. The molecule has 4 nitrogen and oxygen atoms in total. The van der Waals surface area contributed by atoms with Crippen LogP contribution in [-0.4, -0.2) is 11.5 Å². The van der Waals surface area contributed by atoms with Gasteiger partial charge in [0.25, 0.3) is 0 Å². The Labute approximate surface area is 107 Å². The van der Waals surface area contributed by atoms with Crippen molar-refractivity contribution < 1.29 is 9.66 Å². The molecule has 0 fully saturated rings. The summed E-state index contributed by atoms with van der Waals surface area (Å²) in [7, 11) is 0. The molecule has 4 heteroatoms. The first-order valence-corrected chi connectivity index (χ1v) is 6.11. The summed E-state index contributed by atoms with van der Waals surface area (Å²) in [6.45, 7) is 6.36. The third-order valence-corrected chi connectivity index (χ3v) is 2.39. The smallest absolute Gasteiger partial charge is 0.247 e. The zero-order chi connectivity index (χ0) is 13.5. The lowest BCUT2D eigenvalue weighted by atomic mass is 10.1. The van der Waals surface area contributed by atoms with Gasteiger partial charge < -0.3 is 4.74 Å². The van der Waals surface area contributed by atoms with Crippen LogP contribution in [0.2, 0.25) is 0 Å². The molecule has 0 bridgehead atoms. The van der Waals surface area contributed by atoms with Gasteiger partial charge in [0, 0.05) is 18.1 Å². The molecule has 0 aromatic heterocycles. The van der Waals surface area contributed by atoms with Gasteiger partial charge in [-0.05, 0) is 18.9 Å². The summed E-state index contributed by atoms with van der Waals surface area (Å²) in [5, 5.41) is 11.0. The van der Waals surface area contributed by atoms with Gasteiger partial charge in [0.15, 0.2) is 0 Å². The van der Waals surface area contributed by atoms with Crippen LogP contribution >= 0.6 is 0 Å². The van der Waals surface area contributed by atoms with Crippen molar-refractivity contribution in [1.82, 2.24) is 0 Å². The SMILES string of the molecule is CCOc1ccccc1C=C(CC(C)C)[N+](=O)[O-]. The van der Waals surface area contributed by atoms with Crippen molar-refractivity contribution in [1.29, 1.82) is 0 Å².